The normalized spacial score (nSPS) is 25.9. The molecule has 3 heterocycles. The second-order valence-corrected chi connectivity index (χ2v) is 6.99. The number of amides is 1. The number of pyridine rings is 1. The van der Waals surface area contributed by atoms with Crippen LogP contribution in [0, 0.1) is 19.8 Å². The fraction of sp³-hybridized carbons (Fsp3) is 0.529. The van der Waals surface area contributed by atoms with Crippen LogP contribution in [0.3, 0.4) is 0 Å². The van der Waals surface area contributed by atoms with E-state index in [1.807, 2.05) is 11.8 Å². The number of fused-ring (bicyclic) bond motifs is 1. The maximum Gasteiger partial charge on any atom is 0.254 e. The molecule has 0 bridgehead atoms. The Bertz CT molecular complexity index is 856. The Labute approximate surface area is 139 Å². The number of H-pyrrole nitrogens is 1. The van der Waals surface area contributed by atoms with Crippen LogP contribution in [0.25, 0.3) is 0 Å². The minimum atomic E-state index is -0.250. The molecule has 4 rings (SSSR count). The molecule has 1 amide bonds. The molecule has 2 aromatic heterocycles. The number of aromatic nitrogens is 3. The van der Waals surface area contributed by atoms with Crippen LogP contribution in [0.15, 0.2) is 21.5 Å². The van der Waals surface area contributed by atoms with Crippen LogP contribution in [-0.2, 0) is 5.41 Å². The standard InChI is InChI=1S/C17H20N4O3/c1-10-6-12(7-14(22)18-10)15(23)21-8-13-4-3-5-17(13,9-21)16-19-11(2)20-24-16/h6-7,13H,3-5,8-9H2,1-2H3,(H,18,22)/t13-,17-/m0/s1. The Hall–Kier alpha value is -2.44. The van der Waals surface area contributed by atoms with Gasteiger partial charge in [0.1, 0.15) is 0 Å². The number of carbonyl (C=O) groups excluding carboxylic acids is 1. The number of hydrogen-bond acceptors (Lipinski definition) is 5. The van der Waals surface area contributed by atoms with Crippen molar-refractivity contribution >= 4 is 5.91 Å². The summed E-state index contributed by atoms with van der Waals surface area (Å²) >= 11 is 0. The van der Waals surface area contributed by atoms with Crippen molar-refractivity contribution in [2.75, 3.05) is 13.1 Å². The first-order valence-corrected chi connectivity index (χ1v) is 8.29. The van der Waals surface area contributed by atoms with Crippen molar-refractivity contribution in [2.45, 2.75) is 38.5 Å². The molecule has 7 heteroatoms. The maximum absolute atomic E-state index is 12.9. The van der Waals surface area contributed by atoms with Gasteiger partial charge < -0.3 is 14.4 Å². The van der Waals surface area contributed by atoms with E-state index in [0.29, 0.717) is 42.0 Å². The molecule has 2 atom stereocenters. The van der Waals surface area contributed by atoms with E-state index in [2.05, 4.69) is 15.1 Å². The van der Waals surface area contributed by atoms with Crippen LogP contribution in [0.4, 0.5) is 0 Å². The maximum atomic E-state index is 12.9. The molecular formula is C17H20N4O3. The van der Waals surface area contributed by atoms with Gasteiger partial charge in [-0.1, -0.05) is 11.6 Å². The average Bonchev–Trinajstić information content (AvgIpc) is 3.18. The summed E-state index contributed by atoms with van der Waals surface area (Å²) in [6.07, 6.45) is 3.12. The van der Waals surface area contributed by atoms with E-state index in [0.717, 1.165) is 19.3 Å². The van der Waals surface area contributed by atoms with Gasteiger partial charge in [-0.2, -0.15) is 4.98 Å². The van der Waals surface area contributed by atoms with E-state index in [1.54, 1.807) is 13.0 Å². The molecule has 2 aromatic rings. The lowest BCUT2D eigenvalue weighted by atomic mass is 9.80. The Morgan fingerprint density at radius 1 is 1.42 bits per heavy atom. The number of aryl methyl sites for hydroxylation is 2. The molecule has 1 saturated carbocycles. The summed E-state index contributed by atoms with van der Waals surface area (Å²) in [5, 5.41) is 3.93. The number of nitrogens with zero attached hydrogens (tertiary/aromatic N) is 3. The van der Waals surface area contributed by atoms with E-state index >= 15 is 0 Å². The summed E-state index contributed by atoms with van der Waals surface area (Å²) in [7, 11) is 0. The summed E-state index contributed by atoms with van der Waals surface area (Å²) < 4.78 is 5.47. The molecule has 1 aliphatic heterocycles. The smallest absolute Gasteiger partial charge is 0.254 e. The molecule has 0 aromatic carbocycles. The highest BCUT2D eigenvalue weighted by Crippen LogP contribution is 2.50. The molecule has 0 unspecified atom stereocenters. The molecule has 1 aliphatic carbocycles. The molecule has 2 aliphatic rings. The summed E-state index contributed by atoms with van der Waals surface area (Å²) in [4.78, 5) is 33.5. The SMILES string of the molecule is Cc1noc([C@]23CCC[C@H]2CN(C(=O)c2cc(C)[nH]c(=O)c2)C3)n1. The third-order valence-corrected chi connectivity index (χ3v) is 5.34. The Morgan fingerprint density at radius 3 is 2.96 bits per heavy atom. The molecule has 24 heavy (non-hydrogen) atoms. The summed E-state index contributed by atoms with van der Waals surface area (Å²) in [6, 6.07) is 3.09. The lowest BCUT2D eigenvalue weighted by Crippen LogP contribution is -2.35. The van der Waals surface area contributed by atoms with Crippen molar-refractivity contribution in [2.24, 2.45) is 5.92 Å². The highest BCUT2D eigenvalue weighted by atomic mass is 16.5. The highest BCUT2D eigenvalue weighted by Gasteiger charge is 2.55. The van der Waals surface area contributed by atoms with Gasteiger partial charge in [-0.15, -0.1) is 0 Å². The van der Waals surface area contributed by atoms with Crippen molar-refractivity contribution in [1.82, 2.24) is 20.0 Å². The zero-order chi connectivity index (χ0) is 16.9. The Morgan fingerprint density at radius 2 is 2.25 bits per heavy atom. The van der Waals surface area contributed by atoms with E-state index in [4.69, 9.17) is 4.52 Å². The zero-order valence-electron chi connectivity index (χ0n) is 13.8. The van der Waals surface area contributed by atoms with E-state index in [1.165, 1.54) is 6.07 Å². The third kappa shape index (κ3) is 2.26. The van der Waals surface area contributed by atoms with Crippen molar-refractivity contribution in [3.05, 3.63) is 45.5 Å². The lowest BCUT2D eigenvalue weighted by Gasteiger charge is -2.24. The van der Waals surface area contributed by atoms with Crippen molar-refractivity contribution in [3.63, 3.8) is 0 Å². The average molecular weight is 328 g/mol. The second kappa shape index (κ2) is 5.29. The molecule has 1 saturated heterocycles. The minimum Gasteiger partial charge on any atom is -0.339 e. The van der Waals surface area contributed by atoms with Gasteiger partial charge >= 0.3 is 0 Å². The van der Waals surface area contributed by atoms with Gasteiger partial charge in [-0.05, 0) is 38.7 Å². The molecule has 2 fully saturated rings. The van der Waals surface area contributed by atoms with Crippen molar-refractivity contribution < 1.29 is 9.32 Å². The van der Waals surface area contributed by atoms with Crippen molar-refractivity contribution in [1.29, 1.82) is 0 Å². The molecule has 0 radical (unpaired) electrons. The molecule has 126 valence electrons. The number of hydrogen-bond donors (Lipinski definition) is 1. The van der Waals surface area contributed by atoms with Crippen LogP contribution in [0.5, 0.6) is 0 Å². The second-order valence-electron chi connectivity index (χ2n) is 6.99. The van der Waals surface area contributed by atoms with Gasteiger partial charge in [0.05, 0.1) is 5.41 Å². The number of likely N-dealkylation sites (tertiary alicyclic amines) is 1. The first-order chi connectivity index (χ1) is 11.5. The minimum absolute atomic E-state index is 0.103. The Balaban J connectivity index is 1.65. The summed E-state index contributed by atoms with van der Waals surface area (Å²) in [5.74, 6) is 1.51. The fourth-order valence-corrected chi connectivity index (χ4v) is 4.28. The first-order valence-electron chi connectivity index (χ1n) is 8.29. The number of nitrogens with one attached hydrogen (secondary N) is 1. The zero-order valence-corrected chi connectivity index (χ0v) is 13.8. The number of aromatic amines is 1. The van der Waals surface area contributed by atoms with Crippen molar-refractivity contribution in [3.8, 4) is 0 Å². The summed E-state index contributed by atoms with van der Waals surface area (Å²) in [6.45, 7) is 4.83. The largest absolute Gasteiger partial charge is 0.339 e. The quantitative estimate of drug-likeness (QED) is 0.903. The van der Waals surface area contributed by atoms with Gasteiger partial charge in [0.25, 0.3) is 5.91 Å². The lowest BCUT2D eigenvalue weighted by molar-refractivity contribution is 0.0774. The van der Waals surface area contributed by atoms with Gasteiger partial charge in [-0.25, -0.2) is 0 Å². The van der Waals surface area contributed by atoms with Gasteiger partial charge in [0, 0.05) is 30.4 Å². The predicted molar refractivity (Wildman–Crippen MR) is 85.8 cm³/mol. The van der Waals surface area contributed by atoms with Gasteiger partial charge in [0.15, 0.2) is 5.82 Å². The van der Waals surface area contributed by atoms with Gasteiger partial charge in [0.2, 0.25) is 11.4 Å². The third-order valence-electron chi connectivity index (χ3n) is 5.34. The predicted octanol–water partition coefficient (Wildman–Crippen LogP) is 1.57. The van der Waals surface area contributed by atoms with Crippen LogP contribution in [0.1, 0.15) is 47.0 Å². The van der Waals surface area contributed by atoms with E-state index < -0.39 is 0 Å². The highest BCUT2D eigenvalue weighted by molar-refractivity contribution is 5.94. The molecule has 1 N–H and O–H groups in total. The van der Waals surface area contributed by atoms with Crippen LogP contribution >= 0.6 is 0 Å². The van der Waals surface area contributed by atoms with Gasteiger partial charge in [-0.3, -0.25) is 9.59 Å². The topological polar surface area (TPSA) is 92.1 Å². The Kier molecular flexibility index (Phi) is 3.33. The fourth-order valence-electron chi connectivity index (χ4n) is 4.28. The summed E-state index contributed by atoms with van der Waals surface area (Å²) in [5.41, 5.74) is 0.647. The molecule has 7 nitrogen and oxygen atoms in total. The van der Waals surface area contributed by atoms with E-state index in [9.17, 15) is 9.59 Å². The molecular weight excluding hydrogens is 308 g/mol. The van der Waals surface area contributed by atoms with Crippen LogP contribution in [0.2, 0.25) is 0 Å². The van der Waals surface area contributed by atoms with E-state index in [-0.39, 0.29) is 16.9 Å². The first kappa shape index (κ1) is 15.1. The number of carbonyl (C=O) groups is 1. The van der Waals surface area contributed by atoms with Crippen LogP contribution in [-0.4, -0.2) is 39.0 Å². The molecule has 0 spiro atoms. The monoisotopic (exact) mass is 328 g/mol. The number of rotatable bonds is 2. The van der Waals surface area contributed by atoms with Crippen LogP contribution < -0.4 is 5.56 Å².